The Labute approximate surface area is 154 Å². The van der Waals surface area contributed by atoms with Gasteiger partial charge in [-0.15, -0.1) is 0 Å². The molecule has 2 aliphatic rings. The van der Waals surface area contributed by atoms with E-state index in [4.69, 9.17) is 14.2 Å². The Morgan fingerprint density at radius 2 is 2.12 bits per heavy atom. The second-order valence-electron chi connectivity index (χ2n) is 7.69. The molecule has 0 N–H and O–H groups in total. The molecule has 0 bridgehead atoms. The molecule has 0 amide bonds. The summed E-state index contributed by atoms with van der Waals surface area (Å²) in [6.45, 7) is 10.0. The van der Waals surface area contributed by atoms with Crippen molar-refractivity contribution >= 4 is 0 Å². The minimum atomic E-state index is 0.316. The first-order chi connectivity index (χ1) is 12.7. The summed E-state index contributed by atoms with van der Waals surface area (Å²) in [4.78, 5) is 6.81. The molecule has 6 nitrogen and oxygen atoms in total. The molecule has 2 aliphatic heterocycles. The summed E-state index contributed by atoms with van der Waals surface area (Å²) in [6, 6.07) is 6.22. The number of hydrogen-bond donors (Lipinski definition) is 0. The standard InChI is InChI=1S/C20H27N3O3/c1-15(2)11-24-12-17-8-22(10-18-6-21-13-23(18)9-17)7-16-3-4-19-20(5-16)26-14-25-19/h3-6,13,15,17H,7-12,14H2,1-2H3/t17-/m0/s1. The van der Waals surface area contributed by atoms with Crippen LogP contribution >= 0.6 is 0 Å². The van der Waals surface area contributed by atoms with Crippen molar-refractivity contribution in [1.82, 2.24) is 14.5 Å². The average molecular weight is 357 g/mol. The Kier molecular flexibility index (Phi) is 5.13. The van der Waals surface area contributed by atoms with Crippen LogP contribution in [0.5, 0.6) is 11.5 Å². The highest BCUT2D eigenvalue weighted by Crippen LogP contribution is 2.33. The first kappa shape index (κ1) is 17.4. The predicted octanol–water partition coefficient (Wildman–Crippen LogP) is 2.92. The average Bonchev–Trinajstić information content (AvgIpc) is 3.20. The van der Waals surface area contributed by atoms with Gasteiger partial charge in [0.25, 0.3) is 0 Å². The lowest BCUT2D eigenvalue weighted by Gasteiger charge is -2.24. The third kappa shape index (κ3) is 4.02. The maximum absolute atomic E-state index is 5.94. The van der Waals surface area contributed by atoms with Crippen LogP contribution in [0.25, 0.3) is 0 Å². The molecular formula is C20H27N3O3. The lowest BCUT2D eigenvalue weighted by Crippen LogP contribution is -2.30. The van der Waals surface area contributed by atoms with Gasteiger partial charge in [0.05, 0.1) is 18.6 Å². The summed E-state index contributed by atoms with van der Waals surface area (Å²) in [5, 5.41) is 0. The van der Waals surface area contributed by atoms with E-state index in [1.807, 2.05) is 18.6 Å². The fourth-order valence-corrected chi connectivity index (χ4v) is 3.63. The number of fused-ring (bicyclic) bond motifs is 2. The van der Waals surface area contributed by atoms with Crippen LogP contribution in [0.4, 0.5) is 0 Å². The van der Waals surface area contributed by atoms with E-state index in [0.717, 1.165) is 50.9 Å². The molecule has 0 saturated carbocycles. The second kappa shape index (κ2) is 7.68. The van der Waals surface area contributed by atoms with Crippen molar-refractivity contribution in [3.05, 3.63) is 42.0 Å². The highest BCUT2D eigenvalue weighted by molar-refractivity contribution is 5.44. The van der Waals surface area contributed by atoms with Crippen LogP contribution < -0.4 is 9.47 Å². The van der Waals surface area contributed by atoms with Gasteiger partial charge in [-0.2, -0.15) is 0 Å². The number of hydrogen-bond acceptors (Lipinski definition) is 5. The van der Waals surface area contributed by atoms with Crippen molar-refractivity contribution in [3.63, 3.8) is 0 Å². The molecular weight excluding hydrogens is 330 g/mol. The maximum atomic E-state index is 5.94. The molecule has 2 aromatic rings. The number of ether oxygens (including phenoxy) is 3. The number of nitrogens with zero attached hydrogens (tertiary/aromatic N) is 3. The Balaban J connectivity index is 1.45. The lowest BCUT2D eigenvalue weighted by atomic mass is 10.1. The predicted molar refractivity (Wildman–Crippen MR) is 98.1 cm³/mol. The molecule has 140 valence electrons. The third-order valence-corrected chi connectivity index (χ3v) is 4.80. The molecule has 0 radical (unpaired) electrons. The minimum Gasteiger partial charge on any atom is -0.454 e. The van der Waals surface area contributed by atoms with Gasteiger partial charge in [-0.25, -0.2) is 4.98 Å². The number of rotatable bonds is 6. The highest BCUT2D eigenvalue weighted by atomic mass is 16.7. The molecule has 1 aromatic carbocycles. The first-order valence-corrected chi connectivity index (χ1v) is 9.35. The van der Waals surface area contributed by atoms with Crippen LogP contribution in [0.3, 0.4) is 0 Å². The van der Waals surface area contributed by atoms with Crippen molar-refractivity contribution in [2.45, 2.75) is 33.5 Å². The van der Waals surface area contributed by atoms with E-state index in [9.17, 15) is 0 Å². The highest BCUT2D eigenvalue weighted by Gasteiger charge is 2.23. The van der Waals surface area contributed by atoms with E-state index >= 15 is 0 Å². The van der Waals surface area contributed by atoms with E-state index in [1.165, 1.54) is 11.3 Å². The Morgan fingerprint density at radius 3 is 3.00 bits per heavy atom. The second-order valence-corrected chi connectivity index (χ2v) is 7.69. The molecule has 0 spiro atoms. The Bertz CT molecular complexity index is 744. The van der Waals surface area contributed by atoms with E-state index in [2.05, 4.69) is 40.4 Å². The maximum Gasteiger partial charge on any atom is 0.231 e. The van der Waals surface area contributed by atoms with Gasteiger partial charge in [0, 0.05) is 44.9 Å². The van der Waals surface area contributed by atoms with Crippen LogP contribution in [-0.4, -0.2) is 41.0 Å². The first-order valence-electron chi connectivity index (χ1n) is 9.35. The zero-order valence-electron chi connectivity index (χ0n) is 15.6. The van der Waals surface area contributed by atoms with Crippen LogP contribution in [0.2, 0.25) is 0 Å². The number of benzene rings is 1. The summed E-state index contributed by atoms with van der Waals surface area (Å²) < 4.78 is 19.1. The Morgan fingerprint density at radius 1 is 1.23 bits per heavy atom. The fourth-order valence-electron chi connectivity index (χ4n) is 3.63. The minimum absolute atomic E-state index is 0.316. The van der Waals surface area contributed by atoms with Crippen LogP contribution in [-0.2, 0) is 24.4 Å². The smallest absolute Gasteiger partial charge is 0.231 e. The van der Waals surface area contributed by atoms with Gasteiger partial charge >= 0.3 is 0 Å². The van der Waals surface area contributed by atoms with Crippen LogP contribution in [0, 0.1) is 11.8 Å². The summed E-state index contributed by atoms with van der Waals surface area (Å²) in [7, 11) is 0. The zero-order valence-corrected chi connectivity index (χ0v) is 15.6. The molecule has 6 heteroatoms. The Hall–Kier alpha value is -2.05. The quantitative estimate of drug-likeness (QED) is 0.796. The topological polar surface area (TPSA) is 48.8 Å². The molecule has 1 atom stereocenters. The summed E-state index contributed by atoms with van der Waals surface area (Å²) >= 11 is 0. The lowest BCUT2D eigenvalue weighted by molar-refractivity contribution is 0.0613. The summed E-state index contributed by atoms with van der Waals surface area (Å²) in [5.41, 5.74) is 2.50. The summed E-state index contributed by atoms with van der Waals surface area (Å²) in [6.07, 6.45) is 3.92. The van der Waals surface area contributed by atoms with Crippen molar-refractivity contribution < 1.29 is 14.2 Å². The zero-order chi connectivity index (χ0) is 17.9. The van der Waals surface area contributed by atoms with E-state index in [1.54, 1.807) is 0 Å². The van der Waals surface area contributed by atoms with Crippen molar-refractivity contribution in [2.75, 3.05) is 26.6 Å². The normalized spacial score (nSPS) is 19.6. The molecule has 0 saturated heterocycles. The molecule has 26 heavy (non-hydrogen) atoms. The largest absolute Gasteiger partial charge is 0.454 e. The van der Waals surface area contributed by atoms with E-state index in [0.29, 0.717) is 18.6 Å². The van der Waals surface area contributed by atoms with Gasteiger partial charge in [-0.3, -0.25) is 4.90 Å². The molecule has 4 rings (SSSR count). The molecule has 3 heterocycles. The molecule has 0 fully saturated rings. The van der Waals surface area contributed by atoms with Gasteiger partial charge in [0.1, 0.15) is 0 Å². The fraction of sp³-hybridized carbons (Fsp3) is 0.550. The van der Waals surface area contributed by atoms with Crippen molar-refractivity contribution in [1.29, 1.82) is 0 Å². The molecule has 0 unspecified atom stereocenters. The van der Waals surface area contributed by atoms with Gasteiger partial charge in [0.2, 0.25) is 6.79 Å². The summed E-state index contributed by atoms with van der Waals surface area (Å²) in [5.74, 6) is 2.70. The number of imidazole rings is 1. The van der Waals surface area contributed by atoms with Crippen LogP contribution in [0.1, 0.15) is 25.1 Å². The monoisotopic (exact) mass is 357 g/mol. The van der Waals surface area contributed by atoms with E-state index < -0.39 is 0 Å². The van der Waals surface area contributed by atoms with Gasteiger partial charge in [-0.05, 0) is 23.6 Å². The molecule has 0 aliphatic carbocycles. The van der Waals surface area contributed by atoms with Gasteiger partial charge in [-0.1, -0.05) is 19.9 Å². The number of aromatic nitrogens is 2. The van der Waals surface area contributed by atoms with Crippen molar-refractivity contribution in [2.24, 2.45) is 11.8 Å². The third-order valence-electron chi connectivity index (χ3n) is 4.80. The van der Waals surface area contributed by atoms with Crippen molar-refractivity contribution in [3.8, 4) is 11.5 Å². The van der Waals surface area contributed by atoms with Gasteiger partial charge < -0.3 is 18.8 Å². The van der Waals surface area contributed by atoms with Gasteiger partial charge in [0.15, 0.2) is 11.5 Å². The van der Waals surface area contributed by atoms with E-state index in [-0.39, 0.29) is 0 Å². The SMILES string of the molecule is CC(C)COC[C@H]1CN(Cc2ccc3c(c2)OCO3)Cc2cncn2C1. The van der Waals surface area contributed by atoms with Crippen LogP contribution in [0.15, 0.2) is 30.7 Å². The molecule has 1 aromatic heterocycles.